The molecule has 6 heteroatoms. The molecule has 1 aromatic heterocycles. The lowest BCUT2D eigenvalue weighted by atomic mass is 10.1. The minimum atomic E-state index is 0.0613. The molecule has 0 spiro atoms. The van der Waals surface area contributed by atoms with Crippen molar-refractivity contribution in [1.29, 1.82) is 0 Å². The first-order chi connectivity index (χ1) is 13.1. The molecule has 2 aromatic carbocycles. The minimum absolute atomic E-state index is 0.0613. The summed E-state index contributed by atoms with van der Waals surface area (Å²) in [4.78, 5) is 17.8. The van der Waals surface area contributed by atoms with Crippen LogP contribution in [0.1, 0.15) is 25.3 Å². The Morgan fingerprint density at radius 3 is 2.78 bits per heavy atom. The maximum Gasteiger partial charge on any atom is 0.219 e. The van der Waals surface area contributed by atoms with Crippen molar-refractivity contribution in [3.8, 4) is 11.3 Å². The zero-order valence-electron chi connectivity index (χ0n) is 15.4. The third kappa shape index (κ3) is 4.89. The lowest BCUT2D eigenvalue weighted by molar-refractivity contribution is -0.129. The van der Waals surface area contributed by atoms with Gasteiger partial charge in [-0.1, -0.05) is 41.9 Å². The number of nitrogens with one attached hydrogen (secondary N) is 1. The summed E-state index contributed by atoms with van der Waals surface area (Å²) < 4.78 is 5.83. The van der Waals surface area contributed by atoms with Gasteiger partial charge in [-0.15, -0.1) is 0 Å². The molecule has 0 unspecified atom stereocenters. The number of anilines is 1. The Kier molecular flexibility index (Phi) is 6.14. The number of rotatable bonds is 7. The van der Waals surface area contributed by atoms with E-state index in [1.807, 2.05) is 55.5 Å². The van der Waals surface area contributed by atoms with Crippen LogP contribution in [0.15, 0.2) is 59.1 Å². The van der Waals surface area contributed by atoms with E-state index in [9.17, 15) is 4.79 Å². The molecule has 0 saturated carbocycles. The fourth-order valence-electron chi connectivity index (χ4n) is 2.82. The molecule has 0 fully saturated rings. The first-order valence-corrected chi connectivity index (χ1v) is 9.22. The number of oxazole rings is 1. The zero-order chi connectivity index (χ0) is 19.2. The number of hydrogen-bond donors (Lipinski definition) is 1. The molecule has 140 valence electrons. The van der Waals surface area contributed by atoms with Crippen molar-refractivity contribution in [1.82, 2.24) is 9.88 Å². The number of amides is 1. The first kappa shape index (κ1) is 19.0. The van der Waals surface area contributed by atoms with Gasteiger partial charge in [0.1, 0.15) is 0 Å². The lowest BCUT2D eigenvalue weighted by Crippen LogP contribution is -2.28. The van der Waals surface area contributed by atoms with Gasteiger partial charge in [-0.25, -0.2) is 4.98 Å². The summed E-state index contributed by atoms with van der Waals surface area (Å²) in [7, 11) is 0. The largest absolute Gasteiger partial charge is 0.439 e. The van der Waals surface area contributed by atoms with E-state index < -0.39 is 0 Å². The molecule has 3 rings (SSSR count). The summed E-state index contributed by atoms with van der Waals surface area (Å²) in [6.45, 7) is 5.25. The number of aromatic nitrogens is 1. The first-order valence-electron chi connectivity index (χ1n) is 8.84. The normalized spacial score (nSPS) is 10.6. The number of nitrogens with zero attached hydrogens (tertiary/aromatic N) is 2. The lowest BCUT2D eigenvalue weighted by Gasteiger charge is -2.21. The second kappa shape index (κ2) is 8.73. The van der Waals surface area contributed by atoms with Crippen LogP contribution in [0.4, 0.5) is 5.69 Å². The number of carbonyl (C=O) groups is 1. The maximum atomic E-state index is 11.7. The summed E-state index contributed by atoms with van der Waals surface area (Å²) in [5, 5.41) is 4.01. The van der Waals surface area contributed by atoms with Crippen LogP contribution in [0, 0.1) is 0 Å². The minimum Gasteiger partial charge on any atom is -0.439 e. The molecule has 1 N–H and O–H groups in total. The van der Waals surface area contributed by atoms with Crippen LogP contribution in [0.2, 0.25) is 5.02 Å². The van der Waals surface area contributed by atoms with Crippen LogP contribution in [0.5, 0.6) is 0 Å². The van der Waals surface area contributed by atoms with Gasteiger partial charge >= 0.3 is 0 Å². The number of benzene rings is 2. The number of para-hydroxylation sites is 1. The molecule has 1 heterocycles. The molecule has 1 amide bonds. The van der Waals surface area contributed by atoms with E-state index in [-0.39, 0.29) is 5.91 Å². The third-order valence-corrected chi connectivity index (χ3v) is 4.53. The third-order valence-electron chi connectivity index (χ3n) is 4.30. The van der Waals surface area contributed by atoms with Gasteiger partial charge in [0.15, 0.2) is 5.76 Å². The maximum absolute atomic E-state index is 11.7. The molecule has 0 aliphatic carbocycles. The number of hydrogen-bond acceptors (Lipinski definition) is 4. The summed E-state index contributed by atoms with van der Waals surface area (Å²) in [6.07, 6.45) is 1.70. The van der Waals surface area contributed by atoms with E-state index in [0.29, 0.717) is 36.3 Å². The fourth-order valence-corrected chi connectivity index (χ4v) is 3.01. The van der Waals surface area contributed by atoms with E-state index in [4.69, 9.17) is 16.0 Å². The van der Waals surface area contributed by atoms with Gasteiger partial charge in [-0.2, -0.15) is 0 Å². The molecule has 0 bridgehead atoms. The summed E-state index contributed by atoms with van der Waals surface area (Å²) in [6, 6.07) is 15.4. The van der Waals surface area contributed by atoms with E-state index in [2.05, 4.69) is 10.3 Å². The summed E-state index contributed by atoms with van der Waals surface area (Å²) >= 11 is 6.03. The van der Waals surface area contributed by atoms with E-state index in [1.165, 1.54) is 0 Å². The highest BCUT2D eigenvalue weighted by Gasteiger charge is 2.11. The molecule has 0 aliphatic heterocycles. The fraction of sp³-hybridized carbons (Fsp3) is 0.238. The molecule has 0 aliphatic rings. The topological polar surface area (TPSA) is 58.4 Å². The van der Waals surface area contributed by atoms with E-state index >= 15 is 0 Å². The molecule has 0 atom stereocenters. The average Bonchev–Trinajstić information content (AvgIpc) is 3.14. The van der Waals surface area contributed by atoms with Crippen LogP contribution in [0.3, 0.4) is 0 Å². The van der Waals surface area contributed by atoms with Gasteiger partial charge in [0.2, 0.25) is 11.8 Å². The second-order valence-electron chi connectivity index (χ2n) is 6.17. The zero-order valence-corrected chi connectivity index (χ0v) is 16.2. The molecule has 0 radical (unpaired) electrons. The average molecular weight is 384 g/mol. The number of halogens is 1. The van der Waals surface area contributed by atoms with Gasteiger partial charge < -0.3 is 14.6 Å². The molecule has 27 heavy (non-hydrogen) atoms. The van der Waals surface area contributed by atoms with Gasteiger partial charge in [0.25, 0.3) is 0 Å². The molecular formula is C21H22ClN3O2. The van der Waals surface area contributed by atoms with Crippen LogP contribution >= 0.6 is 11.6 Å². The van der Waals surface area contributed by atoms with Crippen LogP contribution in [0.25, 0.3) is 11.3 Å². The molecule has 0 saturated heterocycles. The Hall–Kier alpha value is -2.79. The van der Waals surface area contributed by atoms with Crippen molar-refractivity contribution in [3.63, 3.8) is 0 Å². The SMILES string of the molecule is CCN(Cc1ccccc1NCc1ncc(-c2cccc(Cl)c2)o1)C(C)=O. The van der Waals surface area contributed by atoms with E-state index in [0.717, 1.165) is 16.8 Å². The Bertz CT molecular complexity index is 923. The smallest absolute Gasteiger partial charge is 0.219 e. The van der Waals surface area contributed by atoms with Crippen molar-refractivity contribution in [2.75, 3.05) is 11.9 Å². The van der Waals surface area contributed by atoms with Crippen molar-refractivity contribution in [3.05, 3.63) is 71.2 Å². The van der Waals surface area contributed by atoms with Crippen molar-refractivity contribution in [2.24, 2.45) is 0 Å². The van der Waals surface area contributed by atoms with E-state index in [1.54, 1.807) is 18.0 Å². The highest BCUT2D eigenvalue weighted by molar-refractivity contribution is 6.30. The Balaban J connectivity index is 1.70. The second-order valence-corrected chi connectivity index (χ2v) is 6.61. The Morgan fingerprint density at radius 1 is 1.22 bits per heavy atom. The van der Waals surface area contributed by atoms with Crippen molar-refractivity contribution in [2.45, 2.75) is 26.9 Å². The highest BCUT2D eigenvalue weighted by atomic mass is 35.5. The quantitative estimate of drug-likeness (QED) is 0.625. The number of carbonyl (C=O) groups excluding carboxylic acids is 1. The molecular weight excluding hydrogens is 362 g/mol. The van der Waals surface area contributed by atoms with Gasteiger partial charge in [-0.3, -0.25) is 4.79 Å². The van der Waals surface area contributed by atoms with Crippen LogP contribution in [-0.2, 0) is 17.9 Å². The van der Waals surface area contributed by atoms with Crippen LogP contribution in [-0.4, -0.2) is 22.3 Å². The standard InChI is InChI=1S/C21H22ClN3O2/c1-3-25(15(2)26)14-17-7-4-5-10-19(17)23-13-21-24-12-20(27-21)16-8-6-9-18(22)11-16/h4-12,23H,3,13-14H2,1-2H3. The predicted molar refractivity (Wildman–Crippen MR) is 107 cm³/mol. The summed E-state index contributed by atoms with van der Waals surface area (Å²) in [5.74, 6) is 1.32. The van der Waals surface area contributed by atoms with Gasteiger partial charge in [0.05, 0.1) is 12.7 Å². The van der Waals surface area contributed by atoms with Gasteiger partial charge in [-0.05, 0) is 30.7 Å². The van der Waals surface area contributed by atoms with Crippen molar-refractivity contribution >= 4 is 23.2 Å². The Morgan fingerprint density at radius 2 is 2.04 bits per heavy atom. The monoisotopic (exact) mass is 383 g/mol. The molecule has 3 aromatic rings. The summed E-state index contributed by atoms with van der Waals surface area (Å²) in [5.41, 5.74) is 2.90. The van der Waals surface area contributed by atoms with Crippen molar-refractivity contribution < 1.29 is 9.21 Å². The Labute approximate surface area is 164 Å². The highest BCUT2D eigenvalue weighted by Crippen LogP contribution is 2.24. The van der Waals surface area contributed by atoms with Crippen LogP contribution < -0.4 is 5.32 Å². The van der Waals surface area contributed by atoms with Gasteiger partial charge in [0, 0.05) is 36.3 Å². The predicted octanol–water partition coefficient (Wildman–Crippen LogP) is 4.98. The molecule has 5 nitrogen and oxygen atoms in total.